The molecule has 0 aliphatic rings. The fourth-order valence-electron chi connectivity index (χ4n) is 3.53. The van der Waals surface area contributed by atoms with E-state index in [2.05, 4.69) is 9.55 Å². The summed E-state index contributed by atoms with van der Waals surface area (Å²) in [4.78, 5) is 15.2. The molecule has 0 aliphatic heterocycles. The third-order valence-electron chi connectivity index (χ3n) is 4.94. The molecule has 2 aromatic carbocycles. The molecule has 29 heavy (non-hydrogen) atoms. The summed E-state index contributed by atoms with van der Waals surface area (Å²) in [7, 11) is 0. The predicted octanol–water partition coefficient (Wildman–Crippen LogP) is 4.36. The molecule has 6 heteroatoms. The maximum absolute atomic E-state index is 11.1. The van der Waals surface area contributed by atoms with Gasteiger partial charge < -0.3 is 19.3 Å². The smallest absolute Gasteiger partial charge is 0.303 e. The number of phenols is 1. The number of nitrogens with zero attached hydrogens (tertiary/aromatic N) is 3. The van der Waals surface area contributed by atoms with Crippen LogP contribution in [0.5, 0.6) is 5.75 Å². The van der Waals surface area contributed by atoms with Crippen LogP contribution in [0.3, 0.4) is 0 Å². The summed E-state index contributed by atoms with van der Waals surface area (Å²) in [5.41, 5.74) is 5.74. The van der Waals surface area contributed by atoms with Crippen LogP contribution in [0.25, 0.3) is 22.6 Å². The van der Waals surface area contributed by atoms with Crippen molar-refractivity contribution in [3.8, 4) is 28.4 Å². The Morgan fingerprint density at radius 3 is 2.52 bits per heavy atom. The van der Waals surface area contributed by atoms with Gasteiger partial charge in [-0.2, -0.15) is 0 Å². The van der Waals surface area contributed by atoms with E-state index in [9.17, 15) is 9.90 Å². The average molecular weight is 387 g/mol. The lowest BCUT2D eigenvalue weighted by molar-refractivity contribution is -0.136. The van der Waals surface area contributed by atoms with E-state index in [-0.39, 0.29) is 12.2 Å². The molecule has 0 aliphatic carbocycles. The number of phenolic OH excluding ortho intramolecular Hbond substituents is 1. The Morgan fingerprint density at radius 2 is 1.86 bits per heavy atom. The third kappa shape index (κ3) is 3.78. The number of aryl methyl sites for hydroxylation is 2. The van der Waals surface area contributed by atoms with E-state index in [4.69, 9.17) is 5.11 Å². The van der Waals surface area contributed by atoms with Crippen molar-refractivity contribution < 1.29 is 15.0 Å². The number of aromatic nitrogens is 3. The lowest BCUT2D eigenvalue weighted by Gasteiger charge is -2.17. The van der Waals surface area contributed by atoms with E-state index in [1.54, 1.807) is 24.7 Å². The van der Waals surface area contributed by atoms with Crippen LogP contribution in [0.2, 0.25) is 0 Å². The number of carboxylic acid groups (broad SMARTS) is 1. The van der Waals surface area contributed by atoms with Crippen molar-refractivity contribution in [3.05, 3.63) is 84.6 Å². The molecule has 0 spiro atoms. The zero-order chi connectivity index (χ0) is 20.4. The summed E-state index contributed by atoms with van der Waals surface area (Å²) in [6, 6.07) is 17.3. The van der Waals surface area contributed by atoms with Crippen molar-refractivity contribution in [2.45, 2.75) is 19.8 Å². The van der Waals surface area contributed by atoms with Crippen molar-refractivity contribution in [1.29, 1.82) is 0 Å². The first-order valence-corrected chi connectivity index (χ1v) is 9.34. The summed E-state index contributed by atoms with van der Waals surface area (Å²) >= 11 is 0. The Bertz CT molecular complexity index is 1140. The van der Waals surface area contributed by atoms with Crippen molar-refractivity contribution in [2.24, 2.45) is 0 Å². The van der Waals surface area contributed by atoms with Crippen LogP contribution in [-0.2, 0) is 11.2 Å². The highest BCUT2D eigenvalue weighted by Gasteiger charge is 2.15. The lowest BCUT2D eigenvalue weighted by Crippen LogP contribution is -2.06. The molecule has 0 saturated carbocycles. The first-order valence-electron chi connectivity index (χ1n) is 9.34. The summed E-state index contributed by atoms with van der Waals surface area (Å²) in [6.07, 6.45) is 5.85. The van der Waals surface area contributed by atoms with Gasteiger partial charge in [0.1, 0.15) is 5.75 Å². The number of rotatable bonds is 6. The molecule has 0 fully saturated rings. The van der Waals surface area contributed by atoms with Crippen LogP contribution in [0.4, 0.5) is 0 Å². The van der Waals surface area contributed by atoms with E-state index < -0.39 is 5.97 Å². The quantitative estimate of drug-likeness (QED) is 0.515. The molecule has 0 bridgehead atoms. The summed E-state index contributed by atoms with van der Waals surface area (Å²) in [6.45, 7) is 1.93. The number of benzene rings is 2. The number of carbonyl (C=O) groups is 1. The molecular weight excluding hydrogens is 366 g/mol. The molecule has 0 radical (unpaired) electrons. The van der Waals surface area contributed by atoms with E-state index >= 15 is 0 Å². The SMILES string of the molecule is Cc1cc(O)ccc1-n1c(CCC(=O)O)ccc1-c1ccc(-n2ccnc2)cc1. The Morgan fingerprint density at radius 1 is 1.07 bits per heavy atom. The molecule has 0 amide bonds. The standard InChI is InChI=1S/C23H21N3O3/c1-16-14-20(27)8-10-21(16)26-19(7-11-23(28)29)6-9-22(26)17-2-4-18(5-3-17)25-13-12-24-15-25/h2-6,8-10,12-15,27H,7,11H2,1H3,(H,28,29). The van der Waals surface area contributed by atoms with Crippen molar-refractivity contribution >= 4 is 5.97 Å². The number of hydrogen-bond donors (Lipinski definition) is 2. The number of aliphatic carboxylic acids is 1. The second-order valence-electron chi connectivity index (χ2n) is 6.93. The van der Waals surface area contributed by atoms with Gasteiger partial charge in [0.05, 0.1) is 18.4 Å². The van der Waals surface area contributed by atoms with E-state index in [0.717, 1.165) is 33.9 Å². The van der Waals surface area contributed by atoms with E-state index in [1.165, 1.54) is 0 Å². The largest absolute Gasteiger partial charge is 0.508 e. The second-order valence-corrected chi connectivity index (χ2v) is 6.93. The molecule has 6 nitrogen and oxygen atoms in total. The lowest BCUT2D eigenvalue weighted by atomic mass is 10.1. The minimum absolute atomic E-state index is 0.0557. The van der Waals surface area contributed by atoms with Gasteiger partial charge in [0, 0.05) is 29.5 Å². The van der Waals surface area contributed by atoms with Crippen molar-refractivity contribution in [2.75, 3.05) is 0 Å². The number of aromatic hydroxyl groups is 1. The summed E-state index contributed by atoms with van der Waals surface area (Å²) < 4.78 is 4.01. The molecule has 2 N–H and O–H groups in total. The Hall–Kier alpha value is -3.80. The fraction of sp³-hybridized carbons (Fsp3) is 0.130. The van der Waals surface area contributed by atoms with E-state index in [1.807, 2.05) is 60.2 Å². The van der Waals surface area contributed by atoms with Crippen LogP contribution in [0.15, 0.2) is 73.3 Å². The van der Waals surface area contributed by atoms with Gasteiger partial charge in [-0.25, -0.2) is 4.98 Å². The maximum Gasteiger partial charge on any atom is 0.303 e. The fourth-order valence-corrected chi connectivity index (χ4v) is 3.53. The van der Waals surface area contributed by atoms with E-state index in [0.29, 0.717) is 6.42 Å². The molecule has 0 saturated heterocycles. The van der Waals surface area contributed by atoms with Gasteiger partial charge in [-0.1, -0.05) is 12.1 Å². The minimum atomic E-state index is -0.827. The van der Waals surface area contributed by atoms with Crippen LogP contribution in [-0.4, -0.2) is 30.3 Å². The van der Waals surface area contributed by atoms with Gasteiger partial charge in [0.25, 0.3) is 0 Å². The zero-order valence-electron chi connectivity index (χ0n) is 16.0. The highest BCUT2D eigenvalue weighted by Crippen LogP contribution is 2.31. The Kier molecular flexibility index (Phi) is 4.91. The van der Waals surface area contributed by atoms with Gasteiger partial charge >= 0.3 is 5.97 Å². The van der Waals surface area contributed by atoms with Gasteiger partial charge in [0.2, 0.25) is 0 Å². The van der Waals surface area contributed by atoms with Crippen LogP contribution in [0.1, 0.15) is 17.7 Å². The molecule has 4 rings (SSSR count). The number of carboxylic acids is 1. The molecule has 0 atom stereocenters. The Labute approximate surface area is 168 Å². The zero-order valence-corrected chi connectivity index (χ0v) is 16.0. The Balaban J connectivity index is 1.79. The highest BCUT2D eigenvalue weighted by atomic mass is 16.4. The molecule has 2 aromatic heterocycles. The normalized spacial score (nSPS) is 10.9. The third-order valence-corrected chi connectivity index (χ3v) is 4.94. The van der Waals surface area contributed by atoms with Crippen LogP contribution < -0.4 is 0 Å². The predicted molar refractivity (Wildman–Crippen MR) is 111 cm³/mol. The van der Waals surface area contributed by atoms with Crippen LogP contribution in [0, 0.1) is 6.92 Å². The van der Waals surface area contributed by atoms with Gasteiger partial charge in [-0.05, 0) is 66.9 Å². The minimum Gasteiger partial charge on any atom is -0.508 e. The second kappa shape index (κ2) is 7.67. The van der Waals surface area contributed by atoms with Gasteiger partial charge in [-0.15, -0.1) is 0 Å². The van der Waals surface area contributed by atoms with Crippen LogP contribution >= 0.6 is 0 Å². The molecule has 4 aromatic rings. The van der Waals surface area contributed by atoms with Gasteiger partial charge in [-0.3, -0.25) is 4.79 Å². The molecule has 2 heterocycles. The maximum atomic E-state index is 11.1. The molecule has 0 unspecified atom stereocenters. The molecular formula is C23H21N3O3. The highest BCUT2D eigenvalue weighted by molar-refractivity contribution is 5.69. The van der Waals surface area contributed by atoms with Crippen molar-refractivity contribution in [1.82, 2.24) is 14.1 Å². The topological polar surface area (TPSA) is 80.3 Å². The average Bonchev–Trinajstić information content (AvgIpc) is 3.37. The van der Waals surface area contributed by atoms with Crippen molar-refractivity contribution in [3.63, 3.8) is 0 Å². The number of hydrogen-bond acceptors (Lipinski definition) is 3. The monoisotopic (exact) mass is 387 g/mol. The summed E-state index contributed by atoms with van der Waals surface area (Å²) in [5.74, 6) is -0.622. The first kappa shape index (κ1) is 18.6. The summed E-state index contributed by atoms with van der Waals surface area (Å²) in [5, 5.41) is 18.9. The number of imidazole rings is 1. The first-order chi connectivity index (χ1) is 14.0. The molecule has 146 valence electrons. The van der Waals surface area contributed by atoms with Gasteiger partial charge in [0.15, 0.2) is 0 Å².